The topological polar surface area (TPSA) is 32.3 Å². The molecule has 2 unspecified atom stereocenters. The number of aromatic hydroxyl groups is 1. The Kier molecular flexibility index (Phi) is 4.74. The molecule has 2 rings (SSSR count). The van der Waals surface area contributed by atoms with Crippen LogP contribution in [0.3, 0.4) is 0 Å². The first-order valence-electron chi connectivity index (χ1n) is 6.91. The molecule has 0 aliphatic carbocycles. The summed E-state index contributed by atoms with van der Waals surface area (Å²) in [6, 6.07) is 14.0. The Labute approximate surface area is 119 Å². The number of phenolic OH excluding ortho intramolecular Hbond substituents is 1. The zero-order valence-corrected chi connectivity index (χ0v) is 11.8. The van der Waals surface area contributed by atoms with Crippen LogP contribution in [-0.4, -0.2) is 5.11 Å². The molecule has 0 amide bonds. The van der Waals surface area contributed by atoms with Crippen molar-refractivity contribution in [1.29, 1.82) is 0 Å². The smallest absolute Gasteiger partial charge is 0.123 e. The van der Waals surface area contributed by atoms with Crippen LogP contribution in [0.4, 0.5) is 4.39 Å². The predicted octanol–water partition coefficient (Wildman–Crippen LogP) is 4.33. The van der Waals surface area contributed by atoms with Gasteiger partial charge in [-0.1, -0.05) is 37.3 Å². The van der Waals surface area contributed by atoms with E-state index in [0.29, 0.717) is 5.75 Å². The van der Waals surface area contributed by atoms with Crippen molar-refractivity contribution in [3.8, 4) is 5.75 Å². The number of halogens is 1. The molecular weight excluding hydrogens is 253 g/mol. The van der Waals surface area contributed by atoms with Gasteiger partial charge in [0.05, 0.1) is 0 Å². The van der Waals surface area contributed by atoms with Gasteiger partial charge in [0, 0.05) is 17.6 Å². The Morgan fingerprint density at radius 3 is 2.55 bits per heavy atom. The van der Waals surface area contributed by atoms with E-state index in [4.69, 9.17) is 0 Å². The molecule has 0 aliphatic rings. The molecule has 0 aromatic heterocycles. The minimum absolute atomic E-state index is 0.00950. The van der Waals surface area contributed by atoms with Gasteiger partial charge in [-0.15, -0.1) is 0 Å². The molecule has 2 N–H and O–H groups in total. The molecule has 0 saturated carbocycles. The van der Waals surface area contributed by atoms with Crippen molar-refractivity contribution >= 4 is 0 Å². The highest BCUT2D eigenvalue weighted by atomic mass is 19.1. The molecule has 2 nitrogen and oxygen atoms in total. The number of hydrogen-bond acceptors (Lipinski definition) is 2. The van der Waals surface area contributed by atoms with Crippen molar-refractivity contribution in [3.63, 3.8) is 0 Å². The van der Waals surface area contributed by atoms with Crippen molar-refractivity contribution in [1.82, 2.24) is 5.32 Å². The van der Waals surface area contributed by atoms with Crippen LogP contribution in [0.15, 0.2) is 48.5 Å². The van der Waals surface area contributed by atoms with E-state index in [9.17, 15) is 9.50 Å². The first kappa shape index (κ1) is 14.5. The number of benzene rings is 2. The minimum atomic E-state index is -0.230. The summed E-state index contributed by atoms with van der Waals surface area (Å²) >= 11 is 0. The molecular formula is C17H20FNO. The average molecular weight is 273 g/mol. The molecule has 2 aromatic rings. The monoisotopic (exact) mass is 273 g/mol. The van der Waals surface area contributed by atoms with Crippen LogP contribution in [0.2, 0.25) is 0 Å². The Morgan fingerprint density at radius 1 is 1.15 bits per heavy atom. The summed E-state index contributed by atoms with van der Waals surface area (Å²) in [5.74, 6) is 0.0602. The van der Waals surface area contributed by atoms with E-state index in [2.05, 4.69) is 12.2 Å². The zero-order valence-electron chi connectivity index (χ0n) is 11.8. The van der Waals surface area contributed by atoms with Gasteiger partial charge in [0.2, 0.25) is 0 Å². The fraction of sp³-hybridized carbons (Fsp3) is 0.294. The lowest BCUT2D eigenvalue weighted by atomic mass is 10.0. The van der Waals surface area contributed by atoms with Crippen LogP contribution < -0.4 is 5.32 Å². The molecule has 0 spiro atoms. The molecule has 0 heterocycles. The van der Waals surface area contributed by atoms with Crippen LogP contribution in [0.25, 0.3) is 0 Å². The molecule has 20 heavy (non-hydrogen) atoms. The molecule has 0 fully saturated rings. The summed E-state index contributed by atoms with van der Waals surface area (Å²) in [5, 5.41) is 13.4. The molecule has 0 saturated heterocycles. The van der Waals surface area contributed by atoms with Gasteiger partial charge in [0.1, 0.15) is 11.6 Å². The molecule has 2 atom stereocenters. The number of hydrogen-bond donors (Lipinski definition) is 2. The van der Waals surface area contributed by atoms with Crippen molar-refractivity contribution in [2.75, 3.05) is 0 Å². The van der Waals surface area contributed by atoms with Crippen molar-refractivity contribution in [3.05, 3.63) is 65.5 Å². The van der Waals surface area contributed by atoms with Gasteiger partial charge >= 0.3 is 0 Å². The van der Waals surface area contributed by atoms with E-state index in [0.717, 1.165) is 17.5 Å². The lowest BCUT2D eigenvalue weighted by molar-refractivity contribution is 0.418. The fourth-order valence-corrected chi connectivity index (χ4v) is 2.38. The van der Waals surface area contributed by atoms with Gasteiger partial charge in [-0.3, -0.25) is 0 Å². The minimum Gasteiger partial charge on any atom is -0.508 e. The van der Waals surface area contributed by atoms with E-state index in [-0.39, 0.29) is 17.9 Å². The molecule has 2 aromatic carbocycles. The maximum Gasteiger partial charge on any atom is 0.123 e. The van der Waals surface area contributed by atoms with Gasteiger partial charge < -0.3 is 10.4 Å². The third-order valence-electron chi connectivity index (χ3n) is 3.52. The number of rotatable bonds is 5. The van der Waals surface area contributed by atoms with Crippen LogP contribution >= 0.6 is 0 Å². The highest BCUT2D eigenvalue weighted by Gasteiger charge is 2.16. The number of para-hydroxylation sites is 1. The normalized spacial score (nSPS) is 13.9. The van der Waals surface area contributed by atoms with Crippen LogP contribution in [0.5, 0.6) is 5.75 Å². The standard InChI is InChI=1S/C17H20FNO/c1-3-16(15-9-4-5-10-17(15)20)19-12(2)13-7-6-8-14(18)11-13/h4-12,16,19-20H,3H2,1-2H3. The van der Waals surface area contributed by atoms with Crippen molar-refractivity contribution in [2.45, 2.75) is 32.4 Å². The highest BCUT2D eigenvalue weighted by Crippen LogP contribution is 2.28. The van der Waals surface area contributed by atoms with E-state index < -0.39 is 0 Å². The van der Waals surface area contributed by atoms with Gasteiger partial charge in [-0.2, -0.15) is 0 Å². The van der Waals surface area contributed by atoms with Gasteiger partial charge in [0.15, 0.2) is 0 Å². The molecule has 0 radical (unpaired) electrons. The summed E-state index contributed by atoms with van der Waals surface area (Å²) in [7, 11) is 0. The third kappa shape index (κ3) is 3.36. The Bertz CT molecular complexity index is 570. The molecule has 0 aliphatic heterocycles. The van der Waals surface area contributed by atoms with Gasteiger partial charge in [-0.05, 0) is 37.1 Å². The second-order valence-electron chi connectivity index (χ2n) is 4.96. The Morgan fingerprint density at radius 2 is 1.90 bits per heavy atom. The number of nitrogens with one attached hydrogen (secondary N) is 1. The van der Waals surface area contributed by atoms with Crippen LogP contribution in [0.1, 0.15) is 43.5 Å². The summed E-state index contributed by atoms with van der Waals surface area (Å²) in [6.07, 6.45) is 0.844. The quantitative estimate of drug-likeness (QED) is 0.849. The molecule has 106 valence electrons. The maximum absolute atomic E-state index is 13.3. The maximum atomic E-state index is 13.3. The average Bonchev–Trinajstić information content (AvgIpc) is 2.45. The third-order valence-corrected chi connectivity index (χ3v) is 3.52. The zero-order chi connectivity index (χ0) is 14.5. The SMILES string of the molecule is CCC(NC(C)c1cccc(F)c1)c1ccccc1O. The van der Waals surface area contributed by atoms with E-state index in [1.54, 1.807) is 12.1 Å². The lowest BCUT2D eigenvalue weighted by Crippen LogP contribution is -2.24. The molecule has 3 heteroatoms. The van der Waals surface area contributed by atoms with E-state index in [1.807, 2.05) is 31.2 Å². The fourth-order valence-electron chi connectivity index (χ4n) is 2.38. The summed E-state index contributed by atoms with van der Waals surface area (Å²) in [4.78, 5) is 0. The summed E-state index contributed by atoms with van der Waals surface area (Å²) < 4.78 is 13.3. The van der Waals surface area contributed by atoms with Crippen molar-refractivity contribution in [2.24, 2.45) is 0 Å². The Balaban J connectivity index is 2.16. The second-order valence-corrected chi connectivity index (χ2v) is 4.96. The first-order valence-corrected chi connectivity index (χ1v) is 6.91. The lowest BCUT2D eigenvalue weighted by Gasteiger charge is -2.23. The van der Waals surface area contributed by atoms with E-state index in [1.165, 1.54) is 12.1 Å². The number of phenols is 1. The Hall–Kier alpha value is -1.87. The van der Waals surface area contributed by atoms with E-state index >= 15 is 0 Å². The summed E-state index contributed by atoms with van der Waals surface area (Å²) in [6.45, 7) is 4.06. The first-order chi connectivity index (χ1) is 9.61. The van der Waals surface area contributed by atoms with Crippen molar-refractivity contribution < 1.29 is 9.50 Å². The van der Waals surface area contributed by atoms with Gasteiger partial charge in [0.25, 0.3) is 0 Å². The van der Waals surface area contributed by atoms with Crippen LogP contribution in [0, 0.1) is 5.82 Å². The predicted molar refractivity (Wildman–Crippen MR) is 79.1 cm³/mol. The molecule has 0 bridgehead atoms. The largest absolute Gasteiger partial charge is 0.508 e. The highest BCUT2D eigenvalue weighted by molar-refractivity contribution is 5.34. The summed E-state index contributed by atoms with van der Waals surface area (Å²) in [5.41, 5.74) is 1.78. The van der Waals surface area contributed by atoms with Crippen LogP contribution in [-0.2, 0) is 0 Å². The van der Waals surface area contributed by atoms with Gasteiger partial charge in [-0.25, -0.2) is 4.39 Å². The second kappa shape index (κ2) is 6.53.